The average molecular weight is 483 g/mol. The Morgan fingerprint density at radius 2 is 1.71 bits per heavy atom. The fourth-order valence-electron chi connectivity index (χ4n) is 3.32. The maximum absolute atomic E-state index is 13.0. The zero-order valence-electron chi connectivity index (χ0n) is 20.1. The number of ether oxygens (including phenoxy) is 1. The Labute approximate surface area is 200 Å². The van der Waals surface area contributed by atoms with Crippen LogP contribution >= 0.6 is 11.8 Å². The Kier molecular flexibility index (Phi) is 6.07. The molecule has 0 aliphatic rings. The van der Waals surface area contributed by atoms with Gasteiger partial charge in [-0.25, -0.2) is 14.8 Å². The summed E-state index contributed by atoms with van der Waals surface area (Å²) in [5, 5.41) is 8.80. The Morgan fingerprint density at radius 3 is 2.32 bits per heavy atom. The van der Waals surface area contributed by atoms with Gasteiger partial charge in [0.2, 0.25) is 11.8 Å². The second-order valence-corrected chi connectivity index (χ2v) is 10.3. The average Bonchev–Trinajstić information content (AvgIpc) is 3.31. The standard InChI is InChI=1S/C23H26N6O4S/c1-12(17-26-27-18(33-17)13-8-10-14(32-7)11-9-13)34-19-15-16(24-21(25-19)23(2,3)4)28(5)22(31)29(6)20(15)30/h8-12H,1-7H3. The summed E-state index contributed by atoms with van der Waals surface area (Å²) in [6, 6.07) is 7.31. The zero-order valence-corrected chi connectivity index (χ0v) is 20.9. The summed E-state index contributed by atoms with van der Waals surface area (Å²) in [6.45, 7) is 7.83. The van der Waals surface area contributed by atoms with Gasteiger partial charge in [0.15, 0.2) is 5.65 Å². The third kappa shape index (κ3) is 4.23. The lowest BCUT2D eigenvalue weighted by molar-refractivity contribution is 0.415. The maximum atomic E-state index is 13.0. The normalized spacial score (nSPS) is 12.8. The van der Waals surface area contributed by atoms with Crippen molar-refractivity contribution in [3.63, 3.8) is 0 Å². The highest BCUT2D eigenvalue weighted by Crippen LogP contribution is 2.37. The Hall–Kier alpha value is -3.47. The molecular weight excluding hydrogens is 456 g/mol. The van der Waals surface area contributed by atoms with Crippen LogP contribution in [0.1, 0.15) is 44.7 Å². The van der Waals surface area contributed by atoms with Crippen molar-refractivity contribution in [2.75, 3.05) is 7.11 Å². The molecule has 3 heterocycles. The molecule has 1 unspecified atom stereocenters. The predicted molar refractivity (Wildman–Crippen MR) is 129 cm³/mol. The molecule has 0 amide bonds. The van der Waals surface area contributed by atoms with Crippen LogP contribution in [0.25, 0.3) is 22.5 Å². The van der Waals surface area contributed by atoms with Crippen LogP contribution in [0, 0.1) is 0 Å². The van der Waals surface area contributed by atoms with Gasteiger partial charge < -0.3 is 9.15 Å². The van der Waals surface area contributed by atoms with Crippen LogP contribution in [0.3, 0.4) is 0 Å². The van der Waals surface area contributed by atoms with E-state index < -0.39 is 16.7 Å². The van der Waals surface area contributed by atoms with Crippen LogP contribution in [0.15, 0.2) is 43.3 Å². The van der Waals surface area contributed by atoms with E-state index in [0.717, 1.165) is 15.9 Å². The minimum atomic E-state index is -0.447. The van der Waals surface area contributed by atoms with Crippen molar-refractivity contribution < 1.29 is 9.15 Å². The molecule has 0 bridgehead atoms. The Morgan fingerprint density at radius 1 is 1.03 bits per heavy atom. The van der Waals surface area contributed by atoms with E-state index in [1.165, 1.54) is 23.4 Å². The van der Waals surface area contributed by atoms with E-state index in [-0.39, 0.29) is 10.6 Å². The number of thioether (sulfide) groups is 1. The molecule has 0 radical (unpaired) electrons. The molecule has 1 aromatic carbocycles. The molecule has 10 nitrogen and oxygen atoms in total. The second kappa shape index (κ2) is 8.71. The van der Waals surface area contributed by atoms with Crippen LogP contribution in [-0.2, 0) is 19.5 Å². The van der Waals surface area contributed by atoms with Crippen molar-refractivity contribution in [3.05, 3.63) is 56.8 Å². The molecule has 3 aromatic heterocycles. The molecule has 0 saturated heterocycles. The fourth-order valence-corrected chi connectivity index (χ4v) is 4.28. The van der Waals surface area contributed by atoms with Crippen molar-refractivity contribution >= 4 is 22.8 Å². The smallest absolute Gasteiger partial charge is 0.332 e. The quantitative estimate of drug-likeness (QED) is 0.312. The first-order valence-electron chi connectivity index (χ1n) is 10.6. The van der Waals surface area contributed by atoms with E-state index in [4.69, 9.17) is 14.1 Å². The summed E-state index contributed by atoms with van der Waals surface area (Å²) in [5.74, 6) is 2.03. The van der Waals surface area contributed by atoms with E-state index >= 15 is 0 Å². The Bertz CT molecular complexity index is 1480. The molecule has 178 valence electrons. The summed E-state index contributed by atoms with van der Waals surface area (Å²) in [4.78, 5) is 34.8. The summed E-state index contributed by atoms with van der Waals surface area (Å²) >= 11 is 1.31. The van der Waals surface area contributed by atoms with Crippen molar-refractivity contribution in [2.24, 2.45) is 14.1 Å². The molecule has 0 fully saturated rings. The minimum Gasteiger partial charge on any atom is -0.497 e. The lowest BCUT2D eigenvalue weighted by atomic mass is 9.96. The molecule has 0 N–H and O–H groups in total. The van der Waals surface area contributed by atoms with Crippen molar-refractivity contribution in [1.82, 2.24) is 29.3 Å². The van der Waals surface area contributed by atoms with Crippen molar-refractivity contribution in [2.45, 2.75) is 43.4 Å². The molecule has 34 heavy (non-hydrogen) atoms. The van der Waals surface area contributed by atoms with E-state index in [1.807, 2.05) is 52.0 Å². The number of nitrogens with zero attached hydrogens (tertiary/aromatic N) is 6. The van der Waals surface area contributed by atoms with Gasteiger partial charge in [0.05, 0.1) is 12.4 Å². The second-order valence-electron chi connectivity index (χ2n) is 8.94. The van der Waals surface area contributed by atoms with Gasteiger partial charge in [0, 0.05) is 25.1 Å². The topological polar surface area (TPSA) is 118 Å². The molecule has 11 heteroatoms. The van der Waals surface area contributed by atoms with E-state index in [0.29, 0.717) is 28.3 Å². The summed E-state index contributed by atoms with van der Waals surface area (Å²) in [7, 11) is 4.64. The van der Waals surface area contributed by atoms with Gasteiger partial charge in [0.1, 0.15) is 22.0 Å². The largest absolute Gasteiger partial charge is 0.497 e. The van der Waals surface area contributed by atoms with Gasteiger partial charge in [-0.1, -0.05) is 32.5 Å². The first kappa shape index (κ1) is 23.7. The van der Waals surface area contributed by atoms with Crippen LogP contribution in [0.4, 0.5) is 0 Å². The first-order chi connectivity index (χ1) is 16.0. The van der Waals surface area contributed by atoms with Gasteiger partial charge >= 0.3 is 5.69 Å². The third-order valence-electron chi connectivity index (χ3n) is 5.35. The van der Waals surface area contributed by atoms with Crippen molar-refractivity contribution in [1.29, 1.82) is 0 Å². The highest BCUT2D eigenvalue weighted by molar-refractivity contribution is 7.99. The summed E-state index contributed by atoms with van der Waals surface area (Å²) in [6.07, 6.45) is 0. The number of hydrogen-bond acceptors (Lipinski definition) is 9. The number of fused-ring (bicyclic) bond motifs is 1. The number of hydrogen-bond donors (Lipinski definition) is 0. The van der Waals surface area contributed by atoms with Gasteiger partial charge in [0.25, 0.3) is 5.56 Å². The Balaban J connectivity index is 1.77. The summed E-state index contributed by atoms with van der Waals surface area (Å²) < 4.78 is 13.5. The zero-order chi connectivity index (χ0) is 24.8. The molecular formula is C23H26N6O4S. The van der Waals surface area contributed by atoms with Gasteiger partial charge in [-0.15, -0.1) is 10.2 Å². The molecule has 0 aliphatic heterocycles. The SMILES string of the molecule is COc1ccc(-c2nnc(C(C)Sc3nc(C(C)(C)C)nc4c3c(=O)n(C)c(=O)n4C)o2)cc1. The monoisotopic (exact) mass is 482 g/mol. The lowest BCUT2D eigenvalue weighted by Gasteiger charge is -2.20. The number of rotatable bonds is 5. The highest BCUT2D eigenvalue weighted by Gasteiger charge is 2.26. The molecule has 4 aromatic rings. The van der Waals surface area contributed by atoms with E-state index in [9.17, 15) is 9.59 Å². The minimum absolute atomic E-state index is 0.282. The van der Waals surface area contributed by atoms with Gasteiger partial charge in [-0.2, -0.15) is 0 Å². The van der Waals surface area contributed by atoms with Crippen LogP contribution in [0.2, 0.25) is 0 Å². The molecule has 0 spiro atoms. The summed E-state index contributed by atoms with van der Waals surface area (Å²) in [5.41, 5.74) is -0.218. The number of aromatic nitrogens is 6. The van der Waals surface area contributed by atoms with Crippen LogP contribution < -0.4 is 16.0 Å². The van der Waals surface area contributed by atoms with Gasteiger partial charge in [-0.3, -0.25) is 13.9 Å². The molecule has 0 aliphatic carbocycles. The van der Waals surface area contributed by atoms with E-state index in [2.05, 4.69) is 15.2 Å². The van der Waals surface area contributed by atoms with Crippen LogP contribution in [-0.4, -0.2) is 36.4 Å². The molecule has 0 saturated carbocycles. The highest BCUT2D eigenvalue weighted by atomic mass is 32.2. The first-order valence-corrected chi connectivity index (χ1v) is 11.5. The number of methoxy groups -OCH3 is 1. The lowest BCUT2D eigenvalue weighted by Crippen LogP contribution is -2.38. The molecule has 4 rings (SSSR count). The fraction of sp³-hybridized carbons (Fsp3) is 0.391. The molecule has 1 atom stereocenters. The number of benzene rings is 1. The third-order valence-corrected chi connectivity index (χ3v) is 6.43. The number of aryl methyl sites for hydroxylation is 1. The van der Waals surface area contributed by atoms with E-state index in [1.54, 1.807) is 14.2 Å². The predicted octanol–water partition coefficient (Wildman–Crippen LogP) is 3.24. The van der Waals surface area contributed by atoms with Crippen molar-refractivity contribution in [3.8, 4) is 17.2 Å². The maximum Gasteiger partial charge on any atom is 0.332 e. The van der Waals surface area contributed by atoms with Gasteiger partial charge in [-0.05, 0) is 31.2 Å². The van der Waals surface area contributed by atoms with Crippen LogP contribution in [0.5, 0.6) is 5.75 Å².